The molecular weight excluding hydrogens is 582 g/mol. The summed E-state index contributed by atoms with van der Waals surface area (Å²) in [7, 11) is 0. The molecule has 47 heavy (non-hydrogen) atoms. The van der Waals surface area contributed by atoms with Gasteiger partial charge in [0.05, 0.1) is 18.8 Å². The molecule has 1 amide bonds. The van der Waals surface area contributed by atoms with Crippen molar-refractivity contribution in [2.24, 2.45) is 0 Å². The highest BCUT2D eigenvalue weighted by Gasteiger charge is 2.23. The zero-order chi connectivity index (χ0) is 34.5. The van der Waals surface area contributed by atoms with Gasteiger partial charge in [-0.1, -0.05) is 206 Å². The Morgan fingerprint density at radius 2 is 0.830 bits per heavy atom. The van der Waals surface area contributed by atoms with E-state index in [-0.39, 0.29) is 6.61 Å². The van der Waals surface area contributed by atoms with Crippen LogP contribution in [0.25, 0.3) is 0 Å². The maximum Gasteiger partial charge on any atom is 0.249 e. The van der Waals surface area contributed by atoms with Crippen molar-refractivity contribution in [3.8, 4) is 0 Å². The van der Waals surface area contributed by atoms with Gasteiger partial charge in [0, 0.05) is 0 Å². The van der Waals surface area contributed by atoms with Crippen LogP contribution in [0.15, 0.2) is 12.2 Å². The molecule has 3 atom stereocenters. The van der Waals surface area contributed by atoms with Crippen LogP contribution < -0.4 is 5.32 Å². The highest BCUT2D eigenvalue weighted by molar-refractivity contribution is 5.80. The first-order chi connectivity index (χ1) is 23.1. The minimum Gasteiger partial charge on any atom is -0.394 e. The molecule has 0 fully saturated rings. The second kappa shape index (κ2) is 37.9. The summed E-state index contributed by atoms with van der Waals surface area (Å²) in [5, 5.41) is 33.1. The van der Waals surface area contributed by atoms with Gasteiger partial charge in [-0.2, -0.15) is 0 Å². The standard InChI is InChI=1S/C42H83NO4/c1-3-5-7-9-11-13-14-15-16-17-18-19-20-21-22-23-24-25-26-27-29-30-32-34-36-40(45)39(38-44)43-42(47)41(46)37-35-33-31-28-12-10-8-6-4-2/h10,12,39-41,44-46H,3-9,11,13-38H2,1-2H3,(H,43,47)/b12-10-. The first-order valence-electron chi connectivity index (χ1n) is 21.0. The van der Waals surface area contributed by atoms with Gasteiger partial charge in [0.15, 0.2) is 0 Å². The maximum atomic E-state index is 12.4. The van der Waals surface area contributed by atoms with Gasteiger partial charge in [0.25, 0.3) is 0 Å². The van der Waals surface area contributed by atoms with Gasteiger partial charge in [-0.15, -0.1) is 0 Å². The number of unbranched alkanes of at least 4 members (excludes halogenated alkanes) is 28. The summed E-state index contributed by atoms with van der Waals surface area (Å²) in [6.45, 7) is 4.17. The Labute approximate surface area is 293 Å². The Morgan fingerprint density at radius 1 is 0.489 bits per heavy atom. The van der Waals surface area contributed by atoms with Crippen LogP contribution >= 0.6 is 0 Å². The number of allylic oxidation sites excluding steroid dienone is 2. The first-order valence-corrected chi connectivity index (χ1v) is 21.0. The molecule has 0 aliphatic heterocycles. The summed E-state index contributed by atoms with van der Waals surface area (Å²) >= 11 is 0. The lowest BCUT2D eigenvalue weighted by molar-refractivity contribution is -0.131. The second-order valence-electron chi connectivity index (χ2n) is 14.6. The molecule has 0 saturated carbocycles. The second-order valence-corrected chi connectivity index (χ2v) is 14.6. The lowest BCUT2D eigenvalue weighted by Gasteiger charge is -2.23. The number of carbonyl (C=O) groups is 1. The van der Waals surface area contributed by atoms with Gasteiger partial charge in [0.1, 0.15) is 6.10 Å². The van der Waals surface area contributed by atoms with E-state index in [2.05, 4.69) is 31.3 Å². The zero-order valence-corrected chi connectivity index (χ0v) is 31.7. The number of aliphatic hydroxyl groups is 3. The summed E-state index contributed by atoms with van der Waals surface area (Å²) < 4.78 is 0. The normalized spacial score (nSPS) is 13.7. The molecule has 0 heterocycles. The van der Waals surface area contributed by atoms with E-state index in [9.17, 15) is 20.1 Å². The number of hydrogen-bond acceptors (Lipinski definition) is 4. The summed E-state index contributed by atoms with van der Waals surface area (Å²) in [6.07, 6.45) is 43.7. The number of aliphatic hydroxyl groups excluding tert-OH is 3. The summed E-state index contributed by atoms with van der Waals surface area (Å²) in [6, 6.07) is -0.713. The highest BCUT2D eigenvalue weighted by atomic mass is 16.3. The summed E-state index contributed by atoms with van der Waals surface area (Å²) in [4.78, 5) is 12.4. The zero-order valence-electron chi connectivity index (χ0n) is 31.7. The van der Waals surface area contributed by atoms with Gasteiger partial charge in [-0.05, 0) is 32.1 Å². The molecule has 0 aromatic carbocycles. The van der Waals surface area contributed by atoms with Crippen molar-refractivity contribution in [2.75, 3.05) is 6.61 Å². The lowest BCUT2D eigenvalue weighted by atomic mass is 10.0. The van der Waals surface area contributed by atoms with Crippen LogP contribution in [0, 0.1) is 0 Å². The van der Waals surface area contributed by atoms with Crippen LogP contribution in [0.4, 0.5) is 0 Å². The molecule has 0 aliphatic rings. The van der Waals surface area contributed by atoms with Crippen molar-refractivity contribution in [1.29, 1.82) is 0 Å². The number of carbonyl (C=O) groups excluding carboxylic acids is 1. The van der Waals surface area contributed by atoms with Crippen LogP contribution in [0.5, 0.6) is 0 Å². The fourth-order valence-electron chi connectivity index (χ4n) is 6.52. The molecular formula is C42H83NO4. The van der Waals surface area contributed by atoms with E-state index < -0.39 is 24.2 Å². The minimum atomic E-state index is -1.08. The Hall–Kier alpha value is -0.910. The van der Waals surface area contributed by atoms with Gasteiger partial charge < -0.3 is 20.6 Å². The molecule has 0 aromatic rings. The lowest BCUT2D eigenvalue weighted by Crippen LogP contribution is -2.49. The van der Waals surface area contributed by atoms with E-state index >= 15 is 0 Å². The van der Waals surface area contributed by atoms with Crippen LogP contribution in [0.3, 0.4) is 0 Å². The Kier molecular flexibility index (Phi) is 37.2. The third-order valence-corrected chi connectivity index (χ3v) is 9.88. The molecule has 5 heteroatoms. The van der Waals surface area contributed by atoms with E-state index in [0.29, 0.717) is 12.8 Å². The third-order valence-electron chi connectivity index (χ3n) is 9.88. The molecule has 3 unspecified atom stereocenters. The van der Waals surface area contributed by atoms with Crippen LogP contribution in [-0.2, 0) is 4.79 Å². The smallest absolute Gasteiger partial charge is 0.249 e. The fraction of sp³-hybridized carbons (Fsp3) is 0.929. The quantitative estimate of drug-likeness (QED) is 0.0390. The number of nitrogens with one attached hydrogen (secondary N) is 1. The van der Waals surface area contributed by atoms with Crippen LogP contribution in [-0.4, -0.2) is 46.1 Å². The van der Waals surface area contributed by atoms with Gasteiger partial charge in [-0.25, -0.2) is 0 Å². The van der Waals surface area contributed by atoms with Gasteiger partial charge in [0.2, 0.25) is 5.91 Å². The Balaban J connectivity index is 3.53. The van der Waals surface area contributed by atoms with E-state index in [0.717, 1.165) is 44.9 Å². The number of amides is 1. The molecule has 4 N–H and O–H groups in total. The molecule has 0 rings (SSSR count). The summed E-state index contributed by atoms with van der Waals surface area (Å²) in [5.74, 6) is -0.484. The van der Waals surface area contributed by atoms with E-state index in [4.69, 9.17) is 0 Å². The van der Waals surface area contributed by atoms with Crippen molar-refractivity contribution in [2.45, 2.75) is 244 Å². The molecule has 0 aliphatic carbocycles. The topological polar surface area (TPSA) is 89.8 Å². The molecule has 0 saturated heterocycles. The Bertz CT molecular complexity index is 655. The molecule has 0 radical (unpaired) electrons. The molecule has 0 spiro atoms. The fourth-order valence-corrected chi connectivity index (χ4v) is 6.52. The highest BCUT2D eigenvalue weighted by Crippen LogP contribution is 2.16. The average molecular weight is 666 g/mol. The maximum absolute atomic E-state index is 12.4. The van der Waals surface area contributed by atoms with Crippen LogP contribution in [0.1, 0.15) is 226 Å². The van der Waals surface area contributed by atoms with Crippen molar-refractivity contribution >= 4 is 5.91 Å². The minimum absolute atomic E-state index is 0.316. The molecule has 0 aromatic heterocycles. The first kappa shape index (κ1) is 46.1. The van der Waals surface area contributed by atoms with Crippen molar-refractivity contribution in [3.63, 3.8) is 0 Å². The average Bonchev–Trinajstić information content (AvgIpc) is 3.07. The van der Waals surface area contributed by atoms with Gasteiger partial charge >= 0.3 is 0 Å². The number of rotatable bonds is 38. The molecule has 5 nitrogen and oxygen atoms in total. The third kappa shape index (κ3) is 33.4. The molecule has 280 valence electrons. The number of hydrogen-bond donors (Lipinski definition) is 4. The van der Waals surface area contributed by atoms with Crippen molar-refractivity contribution in [3.05, 3.63) is 12.2 Å². The SMILES string of the molecule is CCCC/C=C\CCCCCC(O)C(=O)NC(CO)C(O)CCCCCCCCCCCCCCCCCCCCCCCCCC. The van der Waals surface area contributed by atoms with E-state index in [1.54, 1.807) is 0 Å². The van der Waals surface area contributed by atoms with Crippen LogP contribution in [0.2, 0.25) is 0 Å². The Morgan fingerprint density at radius 3 is 1.23 bits per heavy atom. The van der Waals surface area contributed by atoms with Crippen molar-refractivity contribution in [1.82, 2.24) is 5.32 Å². The predicted octanol–water partition coefficient (Wildman–Crippen LogP) is 11.7. The largest absolute Gasteiger partial charge is 0.394 e. The monoisotopic (exact) mass is 666 g/mol. The van der Waals surface area contributed by atoms with Gasteiger partial charge in [-0.3, -0.25) is 4.79 Å². The van der Waals surface area contributed by atoms with E-state index in [1.807, 2.05) is 0 Å². The summed E-state index contributed by atoms with van der Waals surface area (Å²) in [5.41, 5.74) is 0. The molecule has 0 bridgehead atoms. The predicted molar refractivity (Wildman–Crippen MR) is 204 cm³/mol. The van der Waals surface area contributed by atoms with Crippen molar-refractivity contribution < 1.29 is 20.1 Å². The van der Waals surface area contributed by atoms with E-state index in [1.165, 1.54) is 154 Å².